The molecule has 0 aromatic heterocycles. The van der Waals surface area contributed by atoms with Crippen molar-refractivity contribution in [1.82, 2.24) is 4.90 Å². The van der Waals surface area contributed by atoms with Crippen molar-refractivity contribution in [3.8, 4) is 0 Å². The summed E-state index contributed by atoms with van der Waals surface area (Å²) in [5, 5.41) is 8.22. The smallest absolute Gasteiger partial charge is 0.0990 e. The van der Waals surface area contributed by atoms with Crippen LogP contribution in [0, 0.1) is 11.3 Å². The summed E-state index contributed by atoms with van der Waals surface area (Å²) in [6, 6.07) is 0. The van der Waals surface area contributed by atoms with Crippen LogP contribution in [0.2, 0.25) is 0 Å². The van der Waals surface area contributed by atoms with Crippen LogP contribution in [0.15, 0.2) is 0 Å². The van der Waals surface area contributed by atoms with E-state index in [0.29, 0.717) is 12.0 Å². The molecular weight excluding hydrogens is 188 g/mol. The molecule has 3 heteroatoms. The molecule has 1 N–H and O–H groups in total. The summed E-state index contributed by atoms with van der Waals surface area (Å²) in [6.45, 7) is 2.00. The number of ether oxygens (including phenoxy) is 1. The lowest BCUT2D eigenvalue weighted by Crippen LogP contribution is -2.44. The van der Waals surface area contributed by atoms with Crippen molar-refractivity contribution in [2.45, 2.75) is 44.6 Å². The van der Waals surface area contributed by atoms with Crippen molar-refractivity contribution in [2.24, 2.45) is 5.92 Å². The number of nitrogens with one attached hydrogen (secondary N) is 1. The Morgan fingerprint density at radius 1 is 1.20 bits per heavy atom. The lowest BCUT2D eigenvalue weighted by molar-refractivity contribution is 0.0519. The summed E-state index contributed by atoms with van der Waals surface area (Å²) in [5.74, 6) is 1.43. The van der Waals surface area contributed by atoms with Crippen LogP contribution < -0.4 is 0 Å². The molecule has 1 heterocycles. The minimum atomic E-state index is 0.348. The molecule has 86 valence electrons. The molecular formula is C12H22N2O. The molecule has 1 aliphatic heterocycles. The maximum absolute atomic E-state index is 8.22. The van der Waals surface area contributed by atoms with Gasteiger partial charge in [0.05, 0.1) is 11.9 Å². The van der Waals surface area contributed by atoms with Crippen molar-refractivity contribution in [3.05, 3.63) is 0 Å². The average Bonchev–Trinajstić information content (AvgIpc) is 2.81. The van der Waals surface area contributed by atoms with Gasteiger partial charge in [-0.3, -0.25) is 5.41 Å². The summed E-state index contributed by atoms with van der Waals surface area (Å²) < 4.78 is 5.40. The highest BCUT2D eigenvalue weighted by molar-refractivity contribution is 5.82. The van der Waals surface area contributed by atoms with E-state index in [2.05, 4.69) is 4.90 Å². The van der Waals surface area contributed by atoms with Gasteiger partial charge in [-0.2, -0.15) is 0 Å². The second-order valence-corrected chi connectivity index (χ2v) is 4.81. The number of hydrogen-bond donors (Lipinski definition) is 1. The fourth-order valence-electron chi connectivity index (χ4n) is 2.81. The van der Waals surface area contributed by atoms with E-state index in [1.165, 1.54) is 32.1 Å². The van der Waals surface area contributed by atoms with E-state index in [-0.39, 0.29) is 0 Å². The zero-order chi connectivity index (χ0) is 10.7. The monoisotopic (exact) mass is 210 g/mol. The van der Waals surface area contributed by atoms with Gasteiger partial charge in [-0.1, -0.05) is 12.8 Å². The topological polar surface area (TPSA) is 36.3 Å². The number of amidine groups is 1. The van der Waals surface area contributed by atoms with E-state index in [9.17, 15) is 0 Å². The molecule has 1 saturated heterocycles. The number of rotatable bonds is 2. The third-order valence-electron chi connectivity index (χ3n) is 3.79. The number of methoxy groups -OCH3 is 1. The van der Waals surface area contributed by atoms with Gasteiger partial charge < -0.3 is 9.64 Å². The standard InChI is InChI=1S/C12H22N2O/c1-15-11-7-4-8-14(9-11)12(13)10-5-2-3-6-10/h10-11,13H,2-9H2,1H3. The van der Waals surface area contributed by atoms with Crippen LogP contribution in [0.3, 0.4) is 0 Å². The van der Waals surface area contributed by atoms with Gasteiger partial charge >= 0.3 is 0 Å². The molecule has 2 fully saturated rings. The van der Waals surface area contributed by atoms with Crippen LogP contribution >= 0.6 is 0 Å². The van der Waals surface area contributed by atoms with Crippen LogP contribution in [0.4, 0.5) is 0 Å². The van der Waals surface area contributed by atoms with Crippen molar-refractivity contribution >= 4 is 5.84 Å². The average molecular weight is 210 g/mol. The third kappa shape index (κ3) is 2.51. The van der Waals surface area contributed by atoms with Crippen LogP contribution in [0.5, 0.6) is 0 Å². The molecule has 1 unspecified atom stereocenters. The zero-order valence-electron chi connectivity index (χ0n) is 9.67. The maximum atomic E-state index is 8.22. The van der Waals surface area contributed by atoms with E-state index in [0.717, 1.165) is 25.3 Å². The Bertz CT molecular complexity index is 224. The molecule has 0 aromatic rings. The Balaban J connectivity index is 1.88. The molecule has 0 amide bonds. The normalized spacial score (nSPS) is 28.3. The molecule has 0 radical (unpaired) electrons. The first kappa shape index (κ1) is 10.9. The van der Waals surface area contributed by atoms with E-state index in [1.54, 1.807) is 7.11 Å². The highest BCUT2D eigenvalue weighted by atomic mass is 16.5. The highest BCUT2D eigenvalue weighted by Crippen LogP contribution is 2.28. The van der Waals surface area contributed by atoms with Crippen LogP contribution in [0.1, 0.15) is 38.5 Å². The quantitative estimate of drug-likeness (QED) is 0.560. The van der Waals surface area contributed by atoms with E-state index < -0.39 is 0 Å². The Labute approximate surface area is 92.3 Å². The Kier molecular flexibility index (Phi) is 3.62. The van der Waals surface area contributed by atoms with Gasteiger partial charge in [-0.05, 0) is 25.7 Å². The van der Waals surface area contributed by atoms with Gasteiger partial charge in [0.25, 0.3) is 0 Å². The van der Waals surface area contributed by atoms with Crippen molar-refractivity contribution in [1.29, 1.82) is 5.41 Å². The molecule has 0 spiro atoms. The van der Waals surface area contributed by atoms with E-state index in [1.807, 2.05) is 0 Å². The molecule has 2 rings (SSSR count). The summed E-state index contributed by atoms with van der Waals surface area (Å²) >= 11 is 0. The first-order chi connectivity index (χ1) is 7.31. The lowest BCUT2D eigenvalue weighted by atomic mass is 10.0. The lowest BCUT2D eigenvalue weighted by Gasteiger charge is -2.35. The molecule has 1 aliphatic carbocycles. The Morgan fingerprint density at radius 2 is 1.93 bits per heavy atom. The molecule has 2 aliphatic rings. The highest BCUT2D eigenvalue weighted by Gasteiger charge is 2.27. The second-order valence-electron chi connectivity index (χ2n) is 4.81. The first-order valence-electron chi connectivity index (χ1n) is 6.17. The maximum Gasteiger partial charge on any atom is 0.0990 e. The van der Waals surface area contributed by atoms with Crippen LogP contribution in [0.25, 0.3) is 0 Å². The van der Waals surface area contributed by atoms with E-state index in [4.69, 9.17) is 10.1 Å². The fourth-order valence-corrected chi connectivity index (χ4v) is 2.81. The minimum absolute atomic E-state index is 0.348. The first-order valence-corrected chi connectivity index (χ1v) is 6.17. The number of hydrogen-bond acceptors (Lipinski definition) is 2. The molecule has 0 aromatic carbocycles. The van der Waals surface area contributed by atoms with Crippen molar-refractivity contribution in [2.75, 3.05) is 20.2 Å². The van der Waals surface area contributed by atoms with Gasteiger partial charge in [0.1, 0.15) is 0 Å². The number of likely N-dealkylation sites (tertiary alicyclic amines) is 1. The predicted molar refractivity (Wildman–Crippen MR) is 61.3 cm³/mol. The van der Waals surface area contributed by atoms with Crippen molar-refractivity contribution in [3.63, 3.8) is 0 Å². The zero-order valence-corrected chi connectivity index (χ0v) is 9.67. The largest absolute Gasteiger partial charge is 0.380 e. The third-order valence-corrected chi connectivity index (χ3v) is 3.79. The Morgan fingerprint density at radius 3 is 2.60 bits per heavy atom. The van der Waals surface area contributed by atoms with E-state index >= 15 is 0 Å². The molecule has 15 heavy (non-hydrogen) atoms. The fraction of sp³-hybridized carbons (Fsp3) is 0.917. The number of nitrogens with zero attached hydrogens (tertiary/aromatic N) is 1. The van der Waals surface area contributed by atoms with Crippen LogP contribution in [-0.4, -0.2) is 37.0 Å². The molecule has 1 atom stereocenters. The minimum Gasteiger partial charge on any atom is -0.380 e. The predicted octanol–water partition coefficient (Wildman–Crippen LogP) is 2.26. The molecule has 1 saturated carbocycles. The molecule has 3 nitrogen and oxygen atoms in total. The summed E-state index contributed by atoms with van der Waals surface area (Å²) in [4.78, 5) is 2.24. The molecule has 0 bridgehead atoms. The van der Waals surface area contributed by atoms with Gasteiger partial charge in [0.2, 0.25) is 0 Å². The van der Waals surface area contributed by atoms with Crippen LogP contribution in [-0.2, 0) is 4.74 Å². The second kappa shape index (κ2) is 4.97. The Hall–Kier alpha value is -0.570. The van der Waals surface area contributed by atoms with Crippen molar-refractivity contribution < 1.29 is 4.74 Å². The van der Waals surface area contributed by atoms with Gasteiger partial charge in [0.15, 0.2) is 0 Å². The summed E-state index contributed by atoms with van der Waals surface area (Å²) in [6.07, 6.45) is 7.77. The van der Waals surface area contributed by atoms with Gasteiger partial charge in [-0.15, -0.1) is 0 Å². The van der Waals surface area contributed by atoms with Gasteiger partial charge in [-0.25, -0.2) is 0 Å². The summed E-state index contributed by atoms with van der Waals surface area (Å²) in [7, 11) is 1.79. The SMILES string of the molecule is COC1CCCN(C(=N)C2CCCC2)C1. The summed E-state index contributed by atoms with van der Waals surface area (Å²) in [5.41, 5.74) is 0. The van der Waals surface area contributed by atoms with Gasteiger partial charge in [0, 0.05) is 26.1 Å². The number of piperidine rings is 1.